The van der Waals surface area contributed by atoms with Gasteiger partial charge >= 0.3 is 0 Å². The number of halogens is 1. The molecule has 0 atom stereocenters. The van der Waals surface area contributed by atoms with E-state index in [-0.39, 0.29) is 5.91 Å². The minimum absolute atomic E-state index is 0.0676. The van der Waals surface area contributed by atoms with E-state index in [9.17, 15) is 4.79 Å². The first kappa shape index (κ1) is 15.0. The second kappa shape index (κ2) is 6.39. The minimum atomic E-state index is 0.0676. The molecular weight excluding hydrogens is 318 g/mol. The summed E-state index contributed by atoms with van der Waals surface area (Å²) >= 11 is 3.50. The standard InChI is InChI=1S/C15H20BrN3O/c1-10(2)5-4-6-14(20)18-12-7-8-13-17-11(3)15(16)19(13)9-12/h7-10H,4-6H2,1-3H3,(H,18,20). The largest absolute Gasteiger partial charge is 0.325 e. The number of aryl methyl sites for hydroxylation is 1. The molecule has 108 valence electrons. The third kappa shape index (κ3) is 3.60. The second-order valence-corrected chi connectivity index (χ2v) is 6.22. The first-order valence-corrected chi connectivity index (χ1v) is 7.70. The lowest BCUT2D eigenvalue weighted by molar-refractivity contribution is -0.116. The Kier molecular flexibility index (Phi) is 4.81. The van der Waals surface area contributed by atoms with Gasteiger partial charge in [0.1, 0.15) is 10.3 Å². The maximum Gasteiger partial charge on any atom is 0.224 e. The van der Waals surface area contributed by atoms with Gasteiger partial charge in [-0.3, -0.25) is 9.20 Å². The van der Waals surface area contributed by atoms with Crippen molar-refractivity contribution in [2.45, 2.75) is 40.0 Å². The molecule has 0 saturated heterocycles. The number of anilines is 1. The van der Waals surface area contributed by atoms with E-state index in [0.717, 1.165) is 34.5 Å². The van der Waals surface area contributed by atoms with Crippen molar-refractivity contribution in [1.82, 2.24) is 9.38 Å². The number of nitrogens with one attached hydrogen (secondary N) is 1. The molecule has 1 N–H and O–H groups in total. The summed E-state index contributed by atoms with van der Waals surface area (Å²) in [6.07, 6.45) is 4.47. The van der Waals surface area contributed by atoms with Gasteiger partial charge in [-0.1, -0.05) is 20.3 Å². The van der Waals surface area contributed by atoms with E-state index in [1.54, 1.807) is 0 Å². The molecule has 1 amide bonds. The quantitative estimate of drug-likeness (QED) is 0.889. The van der Waals surface area contributed by atoms with Crippen molar-refractivity contribution in [3.63, 3.8) is 0 Å². The summed E-state index contributed by atoms with van der Waals surface area (Å²) < 4.78 is 2.85. The number of rotatable bonds is 5. The zero-order valence-electron chi connectivity index (χ0n) is 12.1. The summed E-state index contributed by atoms with van der Waals surface area (Å²) in [5, 5.41) is 2.94. The number of aromatic nitrogens is 2. The highest BCUT2D eigenvalue weighted by Gasteiger charge is 2.08. The normalized spacial score (nSPS) is 11.2. The fourth-order valence-corrected chi connectivity index (χ4v) is 2.47. The summed E-state index contributed by atoms with van der Waals surface area (Å²) in [5.74, 6) is 0.710. The van der Waals surface area contributed by atoms with Gasteiger partial charge in [0.05, 0.1) is 11.4 Å². The molecule has 0 aliphatic carbocycles. The van der Waals surface area contributed by atoms with Crippen molar-refractivity contribution in [1.29, 1.82) is 0 Å². The zero-order chi connectivity index (χ0) is 14.7. The van der Waals surface area contributed by atoms with E-state index in [2.05, 4.69) is 40.1 Å². The summed E-state index contributed by atoms with van der Waals surface area (Å²) in [7, 11) is 0. The SMILES string of the molecule is Cc1nc2ccc(NC(=O)CCCC(C)C)cn2c1Br. The molecule has 0 aromatic carbocycles. The molecule has 0 radical (unpaired) electrons. The van der Waals surface area contributed by atoms with Gasteiger partial charge in [-0.15, -0.1) is 0 Å². The number of fused-ring (bicyclic) bond motifs is 1. The zero-order valence-corrected chi connectivity index (χ0v) is 13.7. The van der Waals surface area contributed by atoms with Crippen LogP contribution >= 0.6 is 15.9 Å². The summed E-state index contributed by atoms with van der Waals surface area (Å²) in [4.78, 5) is 16.3. The smallest absolute Gasteiger partial charge is 0.224 e. The number of carbonyl (C=O) groups excluding carboxylic acids is 1. The molecule has 0 spiro atoms. The van der Waals surface area contributed by atoms with Crippen LogP contribution in [-0.4, -0.2) is 15.3 Å². The van der Waals surface area contributed by atoms with Gasteiger partial charge in [-0.25, -0.2) is 4.98 Å². The Labute approximate surface area is 127 Å². The predicted octanol–water partition coefficient (Wildman–Crippen LogP) is 4.17. The monoisotopic (exact) mass is 337 g/mol. The summed E-state index contributed by atoms with van der Waals surface area (Å²) in [5.41, 5.74) is 2.60. The molecule has 20 heavy (non-hydrogen) atoms. The molecule has 2 rings (SSSR count). The molecule has 2 aromatic rings. The number of hydrogen-bond donors (Lipinski definition) is 1. The van der Waals surface area contributed by atoms with Gasteiger partial charge in [0.15, 0.2) is 0 Å². The van der Waals surface area contributed by atoms with Crippen LogP contribution in [0.1, 0.15) is 38.8 Å². The molecule has 2 aromatic heterocycles. The van der Waals surface area contributed by atoms with E-state index in [1.165, 1.54) is 0 Å². The highest BCUT2D eigenvalue weighted by atomic mass is 79.9. The van der Waals surface area contributed by atoms with Crippen molar-refractivity contribution < 1.29 is 4.79 Å². The Balaban J connectivity index is 2.02. The number of hydrogen-bond acceptors (Lipinski definition) is 2. The van der Waals surface area contributed by atoms with E-state index in [1.807, 2.05) is 29.7 Å². The highest BCUT2D eigenvalue weighted by Crippen LogP contribution is 2.20. The van der Waals surface area contributed by atoms with Gasteiger partial charge in [-0.2, -0.15) is 0 Å². The summed E-state index contributed by atoms with van der Waals surface area (Å²) in [6.45, 7) is 6.29. The molecule has 0 aliphatic rings. The van der Waals surface area contributed by atoms with E-state index in [0.29, 0.717) is 12.3 Å². The van der Waals surface area contributed by atoms with Gasteiger partial charge < -0.3 is 5.32 Å². The van der Waals surface area contributed by atoms with Crippen LogP contribution in [-0.2, 0) is 4.79 Å². The van der Waals surface area contributed by atoms with Crippen molar-refractivity contribution in [2.75, 3.05) is 5.32 Å². The number of carbonyl (C=O) groups is 1. The molecule has 2 heterocycles. The van der Waals surface area contributed by atoms with Crippen molar-refractivity contribution in [3.05, 3.63) is 28.6 Å². The predicted molar refractivity (Wildman–Crippen MR) is 84.9 cm³/mol. The lowest BCUT2D eigenvalue weighted by Gasteiger charge is -2.07. The maximum atomic E-state index is 11.9. The van der Waals surface area contributed by atoms with Crippen LogP contribution in [0.25, 0.3) is 5.65 Å². The van der Waals surface area contributed by atoms with Crippen LogP contribution in [0.15, 0.2) is 22.9 Å². The molecular formula is C15H20BrN3O. The molecule has 4 nitrogen and oxygen atoms in total. The summed E-state index contributed by atoms with van der Waals surface area (Å²) in [6, 6.07) is 3.79. The number of amides is 1. The van der Waals surface area contributed by atoms with Gasteiger partial charge in [0, 0.05) is 12.6 Å². The minimum Gasteiger partial charge on any atom is -0.325 e. The fraction of sp³-hybridized carbons (Fsp3) is 0.467. The third-order valence-corrected chi connectivity index (χ3v) is 4.14. The van der Waals surface area contributed by atoms with Crippen LogP contribution in [0.4, 0.5) is 5.69 Å². The number of pyridine rings is 1. The molecule has 0 saturated carbocycles. The Morgan fingerprint density at radius 1 is 1.45 bits per heavy atom. The Bertz CT molecular complexity index is 619. The van der Waals surface area contributed by atoms with Gasteiger partial charge in [0.2, 0.25) is 5.91 Å². The van der Waals surface area contributed by atoms with Crippen LogP contribution in [0, 0.1) is 12.8 Å². The van der Waals surface area contributed by atoms with E-state index < -0.39 is 0 Å². The van der Waals surface area contributed by atoms with Crippen molar-refractivity contribution in [2.24, 2.45) is 5.92 Å². The highest BCUT2D eigenvalue weighted by molar-refractivity contribution is 9.10. The van der Waals surface area contributed by atoms with Gasteiger partial charge in [0.25, 0.3) is 0 Å². The van der Waals surface area contributed by atoms with E-state index in [4.69, 9.17) is 0 Å². The Morgan fingerprint density at radius 2 is 2.20 bits per heavy atom. The number of nitrogens with zero attached hydrogens (tertiary/aromatic N) is 2. The van der Waals surface area contributed by atoms with Crippen molar-refractivity contribution >= 4 is 33.2 Å². The van der Waals surface area contributed by atoms with Crippen LogP contribution in [0.2, 0.25) is 0 Å². The topological polar surface area (TPSA) is 46.4 Å². The first-order chi connectivity index (χ1) is 9.47. The van der Waals surface area contributed by atoms with Gasteiger partial charge in [-0.05, 0) is 47.3 Å². The lowest BCUT2D eigenvalue weighted by atomic mass is 10.1. The molecule has 0 aliphatic heterocycles. The third-order valence-electron chi connectivity index (χ3n) is 3.19. The first-order valence-electron chi connectivity index (χ1n) is 6.91. The second-order valence-electron chi connectivity index (χ2n) is 5.47. The molecule has 5 heteroatoms. The average Bonchev–Trinajstić information content (AvgIpc) is 2.65. The molecule has 0 unspecified atom stereocenters. The Hall–Kier alpha value is -1.36. The molecule has 0 fully saturated rings. The number of imidazole rings is 1. The van der Waals surface area contributed by atoms with Crippen LogP contribution in [0.5, 0.6) is 0 Å². The lowest BCUT2D eigenvalue weighted by Crippen LogP contribution is -2.11. The Morgan fingerprint density at radius 3 is 2.90 bits per heavy atom. The van der Waals surface area contributed by atoms with Crippen molar-refractivity contribution in [3.8, 4) is 0 Å². The average molecular weight is 338 g/mol. The van der Waals surface area contributed by atoms with Crippen LogP contribution < -0.4 is 5.32 Å². The molecule has 0 bridgehead atoms. The maximum absolute atomic E-state index is 11.9. The van der Waals surface area contributed by atoms with Crippen LogP contribution in [0.3, 0.4) is 0 Å². The van der Waals surface area contributed by atoms with E-state index >= 15 is 0 Å². The fourth-order valence-electron chi connectivity index (χ4n) is 2.10.